The third-order valence-electron chi connectivity index (χ3n) is 4.34. The molecule has 14 heavy (non-hydrogen) atoms. The molecule has 0 bridgehead atoms. The van der Waals surface area contributed by atoms with E-state index in [4.69, 9.17) is 0 Å². The van der Waals surface area contributed by atoms with Gasteiger partial charge in [0.15, 0.2) is 0 Å². The number of fused-ring (bicyclic) bond motifs is 1. The van der Waals surface area contributed by atoms with Gasteiger partial charge >= 0.3 is 0 Å². The maximum atomic E-state index is 2.76. The summed E-state index contributed by atoms with van der Waals surface area (Å²) in [5, 5.41) is 0. The van der Waals surface area contributed by atoms with Crippen molar-refractivity contribution in [2.45, 2.75) is 57.4 Å². The Labute approximate surface area is 87.2 Å². The largest absolute Gasteiger partial charge is 0.372 e. The summed E-state index contributed by atoms with van der Waals surface area (Å²) in [7, 11) is 0. The number of nitrogens with zero attached hydrogens (tertiary/aromatic N) is 1. The number of likely N-dealkylation sites (tertiary alicyclic amines) is 1. The van der Waals surface area contributed by atoms with Crippen LogP contribution >= 0.6 is 0 Å². The summed E-state index contributed by atoms with van der Waals surface area (Å²) in [5.74, 6) is 0.948. The van der Waals surface area contributed by atoms with E-state index in [1.807, 2.05) is 0 Å². The molecule has 0 aromatic heterocycles. The Balaban J connectivity index is 1.77. The summed E-state index contributed by atoms with van der Waals surface area (Å²) in [4.78, 5) is 2.76. The zero-order chi connectivity index (χ0) is 9.38. The minimum atomic E-state index is 0.921. The molecule has 1 atom stereocenters. The summed E-state index contributed by atoms with van der Waals surface area (Å²) in [5.41, 5.74) is 1.74. The predicted molar refractivity (Wildman–Crippen MR) is 59.0 cm³/mol. The average molecular weight is 191 g/mol. The monoisotopic (exact) mass is 191 g/mol. The van der Waals surface area contributed by atoms with E-state index in [2.05, 4.69) is 11.0 Å². The Morgan fingerprint density at radius 1 is 1.00 bits per heavy atom. The highest BCUT2D eigenvalue weighted by Crippen LogP contribution is 2.40. The molecular weight excluding hydrogens is 170 g/mol. The maximum absolute atomic E-state index is 2.76. The van der Waals surface area contributed by atoms with Crippen LogP contribution in [-0.2, 0) is 0 Å². The molecule has 0 amide bonds. The van der Waals surface area contributed by atoms with Crippen LogP contribution in [0.4, 0.5) is 0 Å². The molecule has 1 saturated carbocycles. The van der Waals surface area contributed by atoms with E-state index in [0.29, 0.717) is 0 Å². The summed E-state index contributed by atoms with van der Waals surface area (Å²) in [6.45, 7) is 1.36. The molecule has 1 nitrogen and oxygen atoms in total. The summed E-state index contributed by atoms with van der Waals surface area (Å²) in [6.07, 6.45) is 14.1. The second-order valence-corrected chi connectivity index (χ2v) is 5.18. The predicted octanol–water partition coefficient (Wildman–Crippen LogP) is 3.32. The Hall–Kier alpha value is -0.460. The first kappa shape index (κ1) is 8.82. The fourth-order valence-electron chi connectivity index (χ4n) is 3.61. The molecule has 1 unspecified atom stereocenters. The third-order valence-corrected chi connectivity index (χ3v) is 4.34. The Morgan fingerprint density at radius 2 is 1.86 bits per heavy atom. The molecule has 1 aliphatic heterocycles. The molecule has 3 rings (SSSR count). The number of allylic oxidation sites excluding steroid dienone is 2. The van der Waals surface area contributed by atoms with Gasteiger partial charge in [0.2, 0.25) is 0 Å². The molecule has 0 aromatic rings. The van der Waals surface area contributed by atoms with Gasteiger partial charge < -0.3 is 4.90 Å². The molecule has 0 spiro atoms. The third kappa shape index (κ3) is 1.37. The molecule has 3 aliphatic rings. The second-order valence-electron chi connectivity index (χ2n) is 5.18. The quantitative estimate of drug-likeness (QED) is 0.614. The minimum Gasteiger partial charge on any atom is -0.372 e. The van der Waals surface area contributed by atoms with Crippen LogP contribution in [0.15, 0.2) is 11.8 Å². The van der Waals surface area contributed by atoms with Gasteiger partial charge in [0.25, 0.3) is 0 Å². The maximum Gasteiger partial charge on any atom is 0.0286 e. The van der Waals surface area contributed by atoms with Gasteiger partial charge in [-0.25, -0.2) is 0 Å². The second kappa shape index (κ2) is 3.60. The number of rotatable bonds is 1. The first-order chi connectivity index (χ1) is 6.95. The van der Waals surface area contributed by atoms with E-state index in [-0.39, 0.29) is 0 Å². The van der Waals surface area contributed by atoms with Crippen molar-refractivity contribution in [3.8, 4) is 0 Å². The zero-order valence-corrected chi connectivity index (χ0v) is 9.04. The Kier molecular flexibility index (Phi) is 2.27. The molecule has 1 saturated heterocycles. The van der Waals surface area contributed by atoms with Crippen LogP contribution in [0, 0.1) is 5.92 Å². The first-order valence-corrected chi connectivity index (χ1v) is 6.42. The van der Waals surface area contributed by atoms with Crippen LogP contribution < -0.4 is 0 Å². The average Bonchev–Trinajstić information content (AvgIpc) is 2.85. The van der Waals surface area contributed by atoms with Gasteiger partial charge in [0.1, 0.15) is 0 Å². The van der Waals surface area contributed by atoms with Gasteiger partial charge in [0.05, 0.1) is 0 Å². The number of hydrogen-bond donors (Lipinski definition) is 0. The molecular formula is C13H21N. The lowest BCUT2D eigenvalue weighted by molar-refractivity contribution is 0.282. The van der Waals surface area contributed by atoms with Crippen LogP contribution in [0.3, 0.4) is 0 Å². The van der Waals surface area contributed by atoms with E-state index in [1.165, 1.54) is 57.9 Å². The highest BCUT2D eigenvalue weighted by atomic mass is 15.2. The lowest BCUT2D eigenvalue weighted by Gasteiger charge is -2.30. The first-order valence-electron chi connectivity index (χ1n) is 6.42. The number of hydrogen-bond acceptors (Lipinski definition) is 1. The molecule has 1 heterocycles. The van der Waals surface area contributed by atoms with Gasteiger partial charge in [-0.1, -0.05) is 18.9 Å². The topological polar surface area (TPSA) is 3.24 Å². The molecule has 78 valence electrons. The van der Waals surface area contributed by atoms with E-state index in [9.17, 15) is 0 Å². The molecule has 2 aliphatic carbocycles. The van der Waals surface area contributed by atoms with Gasteiger partial charge in [-0.05, 0) is 38.5 Å². The standard InChI is InChI=1S/C13H21N/c1-4-8-13-11(5-1)9-10-14(13)12-6-2-3-7-12/h8,11-12H,1-7,9-10H2. The molecule has 0 radical (unpaired) electrons. The fraction of sp³-hybridized carbons (Fsp3) is 0.846. The van der Waals surface area contributed by atoms with Crippen molar-refractivity contribution >= 4 is 0 Å². The van der Waals surface area contributed by atoms with Gasteiger partial charge in [-0.2, -0.15) is 0 Å². The van der Waals surface area contributed by atoms with E-state index in [0.717, 1.165) is 12.0 Å². The highest BCUT2D eigenvalue weighted by Gasteiger charge is 2.34. The van der Waals surface area contributed by atoms with Crippen LogP contribution in [0.5, 0.6) is 0 Å². The lowest BCUT2D eigenvalue weighted by Crippen LogP contribution is -2.30. The zero-order valence-electron chi connectivity index (χ0n) is 9.04. The van der Waals surface area contributed by atoms with Crippen LogP contribution in [0.2, 0.25) is 0 Å². The SMILES string of the molecule is C1=C2C(CCC1)CCN2C1CCCC1. The van der Waals surface area contributed by atoms with Crippen molar-refractivity contribution in [2.75, 3.05) is 6.54 Å². The fourth-order valence-corrected chi connectivity index (χ4v) is 3.61. The van der Waals surface area contributed by atoms with Crippen LogP contribution in [0.25, 0.3) is 0 Å². The molecule has 2 fully saturated rings. The van der Waals surface area contributed by atoms with Crippen molar-refractivity contribution in [1.29, 1.82) is 0 Å². The molecule has 0 aromatic carbocycles. The van der Waals surface area contributed by atoms with E-state index in [1.54, 1.807) is 5.70 Å². The van der Waals surface area contributed by atoms with E-state index < -0.39 is 0 Å². The summed E-state index contributed by atoms with van der Waals surface area (Å²) < 4.78 is 0. The normalized spacial score (nSPS) is 33.3. The highest BCUT2D eigenvalue weighted by molar-refractivity contribution is 5.15. The molecule has 0 N–H and O–H groups in total. The van der Waals surface area contributed by atoms with Crippen LogP contribution in [-0.4, -0.2) is 17.5 Å². The van der Waals surface area contributed by atoms with Gasteiger partial charge in [0, 0.05) is 24.2 Å². The summed E-state index contributed by atoms with van der Waals surface area (Å²) >= 11 is 0. The Bertz CT molecular complexity index is 238. The van der Waals surface area contributed by atoms with Crippen molar-refractivity contribution in [2.24, 2.45) is 5.92 Å². The van der Waals surface area contributed by atoms with E-state index >= 15 is 0 Å². The van der Waals surface area contributed by atoms with Crippen molar-refractivity contribution < 1.29 is 0 Å². The summed E-state index contributed by atoms with van der Waals surface area (Å²) in [6, 6.07) is 0.921. The van der Waals surface area contributed by atoms with Crippen molar-refractivity contribution in [1.82, 2.24) is 4.90 Å². The van der Waals surface area contributed by atoms with Gasteiger partial charge in [-0.3, -0.25) is 0 Å². The minimum absolute atomic E-state index is 0.921. The van der Waals surface area contributed by atoms with Crippen LogP contribution in [0.1, 0.15) is 51.4 Å². The lowest BCUT2D eigenvalue weighted by atomic mass is 9.92. The van der Waals surface area contributed by atoms with Crippen molar-refractivity contribution in [3.63, 3.8) is 0 Å². The van der Waals surface area contributed by atoms with Gasteiger partial charge in [-0.15, -0.1) is 0 Å². The Morgan fingerprint density at radius 3 is 2.71 bits per heavy atom. The molecule has 1 heteroatoms. The smallest absolute Gasteiger partial charge is 0.0286 e. The van der Waals surface area contributed by atoms with Crippen molar-refractivity contribution in [3.05, 3.63) is 11.8 Å².